The van der Waals surface area contributed by atoms with Crippen molar-refractivity contribution in [1.29, 1.82) is 0 Å². The molecular formula is C25H26ClN5O3. The lowest BCUT2D eigenvalue weighted by atomic mass is 10.0. The highest BCUT2D eigenvalue weighted by molar-refractivity contribution is 6.33. The number of pyridine rings is 1. The van der Waals surface area contributed by atoms with Crippen LogP contribution in [0.5, 0.6) is 5.75 Å². The zero-order chi connectivity index (χ0) is 24.7. The Morgan fingerprint density at radius 3 is 2.26 bits per heavy atom. The summed E-state index contributed by atoms with van der Waals surface area (Å²) in [5.41, 5.74) is 3.02. The molecule has 0 saturated heterocycles. The molecule has 0 amide bonds. The van der Waals surface area contributed by atoms with Crippen LogP contribution in [0.2, 0.25) is 5.02 Å². The van der Waals surface area contributed by atoms with Crippen LogP contribution in [0, 0.1) is 6.92 Å². The Labute approximate surface area is 201 Å². The molecule has 4 aromatic rings. The number of aryl methyl sites for hydroxylation is 1. The summed E-state index contributed by atoms with van der Waals surface area (Å²) in [6.07, 6.45) is 1.50. The monoisotopic (exact) mass is 479 g/mol. The van der Waals surface area contributed by atoms with Gasteiger partial charge in [-0.1, -0.05) is 45.4 Å². The molecule has 0 aliphatic rings. The van der Waals surface area contributed by atoms with E-state index < -0.39 is 11.2 Å². The van der Waals surface area contributed by atoms with Crippen molar-refractivity contribution in [1.82, 2.24) is 24.5 Å². The van der Waals surface area contributed by atoms with Crippen LogP contribution in [-0.4, -0.2) is 31.6 Å². The highest BCUT2D eigenvalue weighted by Gasteiger charge is 2.24. The first-order chi connectivity index (χ1) is 16.1. The maximum Gasteiger partial charge on any atom is 0.334 e. The number of aromatic nitrogens is 5. The minimum atomic E-state index is -0.612. The fourth-order valence-electron chi connectivity index (χ4n) is 3.99. The number of nitrogens with one attached hydrogen (secondary N) is 1. The second-order valence-electron chi connectivity index (χ2n) is 8.77. The Morgan fingerprint density at radius 1 is 1.03 bits per heavy atom. The summed E-state index contributed by atoms with van der Waals surface area (Å²) in [6, 6.07) is 7.12. The van der Waals surface area contributed by atoms with Gasteiger partial charge in [0.15, 0.2) is 5.65 Å². The van der Waals surface area contributed by atoms with Crippen molar-refractivity contribution in [2.24, 2.45) is 0 Å². The molecule has 0 unspecified atom stereocenters. The van der Waals surface area contributed by atoms with Gasteiger partial charge < -0.3 is 4.74 Å². The van der Waals surface area contributed by atoms with Gasteiger partial charge in [0.2, 0.25) is 0 Å². The van der Waals surface area contributed by atoms with Crippen LogP contribution < -0.4 is 16.0 Å². The molecule has 0 bridgehead atoms. The zero-order valence-electron chi connectivity index (χ0n) is 19.9. The van der Waals surface area contributed by atoms with E-state index in [1.54, 1.807) is 13.2 Å². The van der Waals surface area contributed by atoms with Crippen LogP contribution >= 0.6 is 11.6 Å². The molecule has 1 aromatic carbocycles. The number of H-pyrrole nitrogens is 1. The van der Waals surface area contributed by atoms with E-state index in [1.807, 2.05) is 52.8 Å². The van der Waals surface area contributed by atoms with E-state index in [1.165, 1.54) is 10.9 Å². The molecule has 176 valence electrons. The second-order valence-corrected chi connectivity index (χ2v) is 9.17. The van der Waals surface area contributed by atoms with E-state index in [0.717, 1.165) is 11.1 Å². The molecule has 3 heterocycles. The summed E-state index contributed by atoms with van der Waals surface area (Å²) in [6.45, 7) is 9.89. The van der Waals surface area contributed by atoms with E-state index in [4.69, 9.17) is 21.3 Å². The maximum absolute atomic E-state index is 13.3. The lowest BCUT2D eigenvalue weighted by Crippen LogP contribution is -2.32. The normalized spacial score (nSPS) is 11.6. The molecule has 0 radical (unpaired) electrons. The Kier molecular flexibility index (Phi) is 6.27. The number of nitrogens with zero attached hydrogens (tertiary/aromatic N) is 4. The standard InChI is InChI=1S/C25H26ClN5O3/c1-12(2)19-22(20(13(3)4)28-11-27-19)31-23-17(24(32)30-25(31)33)10-18(26)21(29-23)16-9-15(34-6)8-7-14(16)5/h7-13H,1-6H3,(H,30,32,33). The number of rotatable bonds is 5. The lowest BCUT2D eigenvalue weighted by Gasteiger charge is -2.20. The Balaban J connectivity index is 2.18. The van der Waals surface area contributed by atoms with E-state index in [2.05, 4.69) is 15.0 Å². The van der Waals surface area contributed by atoms with Gasteiger partial charge in [-0.3, -0.25) is 9.78 Å². The van der Waals surface area contributed by atoms with E-state index >= 15 is 0 Å². The molecule has 34 heavy (non-hydrogen) atoms. The SMILES string of the molecule is COc1ccc(C)c(-c2nc3c(cc2Cl)c(=O)[nH]c(=O)n3-c2c(C(C)C)ncnc2C(C)C)c1. The number of halogens is 1. The van der Waals surface area contributed by atoms with Gasteiger partial charge in [0.05, 0.1) is 40.3 Å². The number of methoxy groups -OCH3 is 1. The fraction of sp³-hybridized carbons (Fsp3) is 0.320. The summed E-state index contributed by atoms with van der Waals surface area (Å²) in [7, 11) is 1.58. The van der Waals surface area contributed by atoms with E-state index in [9.17, 15) is 9.59 Å². The quantitative estimate of drug-likeness (QED) is 0.443. The molecule has 9 heteroatoms. The molecule has 0 aliphatic heterocycles. The first-order valence-electron chi connectivity index (χ1n) is 11.0. The molecular weight excluding hydrogens is 454 g/mol. The Bertz CT molecular complexity index is 1500. The minimum absolute atomic E-state index is 0.00298. The van der Waals surface area contributed by atoms with Gasteiger partial charge in [0, 0.05) is 5.56 Å². The summed E-state index contributed by atoms with van der Waals surface area (Å²) >= 11 is 6.61. The van der Waals surface area contributed by atoms with E-state index in [0.29, 0.717) is 28.5 Å². The van der Waals surface area contributed by atoms with Gasteiger partial charge in [0.1, 0.15) is 12.1 Å². The summed E-state index contributed by atoms with van der Waals surface area (Å²) in [4.78, 5) is 42.2. The highest BCUT2D eigenvalue weighted by Crippen LogP contribution is 2.34. The third kappa shape index (κ3) is 3.98. The smallest absolute Gasteiger partial charge is 0.334 e. The van der Waals surface area contributed by atoms with Crippen molar-refractivity contribution in [3.05, 3.63) is 73.4 Å². The summed E-state index contributed by atoms with van der Waals surface area (Å²) < 4.78 is 6.78. The van der Waals surface area contributed by atoms with Crippen molar-refractivity contribution >= 4 is 22.6 Å². The number of hydrogen-bond donors (Lipinski definition) is 1. The molecule has 0 aliphatic carbocycles. The number of fused-ring (bicyclic) bond motifs is 1. The summed E-state index contributed by atoms with van der Waals surface area (Å²) in [5.74, 6) is 0.635. The molecule has 1 N–H and O–H groups in total. The van der Waals surface area contributed by atoms with Gasteiger partial charge in [-0.2, -0.15) is 0 Å². The average molecular weight is 480 g/mol. The van der Waals surface area contributed by atoms with Crippen molar-refractivity contribution in [3.63, 3.8) is 0 Å². The van der Waals surface area contributed by atoms with Crippen molar-refractivity contribution in [2.75, 3.05) is 7.11 Å². The molecule has 4 rings (SSSR count). The second kappa shape index (κ2) is 9.02. The molecule has 0 atom stereocenters. The lowest BCUT2D eigenvalue weighted by molar-refractivity contribution is 0.415. The van der Waals surface area contributed by atoms with Gasteiger partial charge in [0.25, 0.3) is 5.56 Å². The van der Waals surface area contributed by atoms with Gasteiger partial charge in [-0.25, -0.2) is 24.3 Å². The topological polar surface area (TPSA) is 103 Å². The summed E-state index contributed by atoms with van der Waals surface area (Å²) in [5, 5.41) is 0.485. The van der Waals surface area contributed by atoms with Crippen molar-refractivity contribution < 1.29 is 4.74 Å². The maximum atomic E-state index is 13.3. The molecule has 0 spiro atoms. The number of aromatic amines is 1. The van der Waals surface area contributed by atoms with Crippen LogP contribution in [0.25, 0.3) is 28.0 Å². The van der Waals surface area contributed by atoms with Crippen LogP contribution in [0.15, 0.2) is 40.2 Å². The molecule has 0 saturated carbocycles. The van der Waals surface area contributed by atoms with Crippen LogP contribution in [-0.2, 0) is 0 Å². The van der Waals surface area contributed by atoms with Crippen molar-refractivity contribution in [3.8, 4) is 22.7 Å². The van der Waals surface area contributed by atoms with Crippen LogP contribution in [0.4, 0.5) is 0 Å². The predicted octanol–water partition coefficient (Wildman–Crippen LogP) is 4.75. The van der Waals surface area contributed by atoms with Gasteiger partial charge >= 0.3 is 5.69 Å². The number of hydrogen-bond acceptors (Lipinski definition) is 6. The van der Waals surface area contributed by atoms with Gasteiger partial charge in [-0.05, 0) is 42.5 Å². The average Bonchev–Trinajstić information content (AvgIpc) is 2.79. The molecule has 8 nitrogen and oxygen atoms in total. The first-order valence-corrected chi connectivity index (χ1v) is 11.4. The Morgan fingerprint density at radius 2 is 1.68 bits per heavy atom. The molecule has 3 aromatic heterocycles. The predicted molar refractivity (Wildman–Crippen MR) is 133 cm³/mol. The fourth-order valence-corrected chi connectivity index (χ4v) is 4.25. The van der Waals surface area contributed by atoms with Gasteiger partial charge in [-0.15, -0.1) is 0 Å². The third-order valence-corrected chi connectivity index (χ3v) is 6.02. The third-order valence-electron chi connectivity index (χ3n) is 5.73. The number of benzene rings is 1. The zero-order valence-corrected chi connectivity index (χ0v) is 20.7. The first kappa shape index (κ1) is 23.6. The molecule has 0 fully saturated rings. The van der Waals surface area contributed by atoms with Crippen LogP contribution in [0.1, 0.15) is 56.5 Å². The number of ether oxygens (including phenoxy) is 1. The minimum Gasteiger partial charge on any atom is -0.497 e. The highest BCUT2D eigenvalue weighted by atomic mass is 35.5. The Hall–Kier alpha value is -3.52. The van der Waals surface area contributed by atoms with Crippen molar-refractivity contribution in [2.45, 2.75) is 46.5 Å². The van der Waals surface area contributed by atoms with Crippen LogP contribution in [0.3, 0.4) is 0 Å². The van der Waals surface area contributed by atoms with E-state index in [-0.39, 0.29) is 27.9 Å². The largest absolute Gasteiger partial charge is 0.497 e.